The molecule has 6 rings (SSSR count). The van der Waals surface area contributed by atoms with E-state index >= 15 is 0 Å². The zero-order valence-corrected chi connectivity index (χ0v) is 34.3. The summed E-state index contributed by atoms with van der Waals surface area (Å²) in [7, 11) is 0. The predicted octanol–water partition coefficient (Wildman–Crippen LogP) is 2.15. The second-order valence-corrected chi connectivity index (χ2v) is 20.1. The maximum Gasteiger partial charge on any atom is 0.187 e. The molecule has 0 aromatic heterocycles. The number of ether oxygens (including phenoxy) is 4. The van der Waals surface area contributed by atoms with Crippen molar-refractivity contribution in [3.05, 3.63) is 11.6 Å². The molecule has 6 unspecified atom stereocenters. The van der Waals surface area contributed by atoms with Gasteiger partial charge in [-0.2, -0.15) is 0 Å². The summed E-state index contributed by atoms with van der Waals surface area (Å²) in [5.74, 6) is 0.445. The van der Waals surface area contributed by atoms with E-state index in [4.69, 9.17) is 18.9 Å². The van der Waals surface area contributed by atoms with Crippen molar-refractivity contribution in [1.82, 2.24) is 0 Å². The van der Waals surface area contributed by atoms with E-state index in [2.05, 4.69) is 54.5 Å². The summed E-state index contributed by atoms with van der Waals surface area (Å²) >= 11 is 0. The van der Waals surface area contributed by atoms with Crippen LogP contribution in [0.3, 0.4) is 0 Å². The van der Waals surface area contributed by atoms with Crippen LogP contribution in [-0.4, -0.2) is 138 Å². The van der Waals surface area contributed by atoms with E-state index in [1.54, 1.807) is 0 Å². The fourth-order valence-electron chi connectivity index (χ4n) is 13.3. The highest BCUT2D eigenvalue weighted by Crippen LogP contribution is 2.76. The van der Waals surface area contributed by atoms with Crippen LogP contribution in [0.5, 0.6) is 0 Å². The predicted molar refractivity (Wildman–Crippen MR) is 201 cm³/mol. The third kappa shape index (κ3) is 7.20. The zero-order valence-electron chi connectivity index (χ0n) is 34.3. The van der Waals surface area contributed by atoms with E-state index in [0.29, 0.717) is 19.3 Å². The van der Waals surface area contributed by atoms with Gasteiger partial charge in [0.05, 0.1) is 31.0 Å². The molecular formula is C42H72O13. The third-order valence-electron chi connectivity index (χ3n) is 16.6. The minimum absolute atomic E-state index is 0.00798. The summed E-state index contributed by atoms with van der Waals surface area (Å²) in [6, 6.07) is 0. The Morgan fingerprint density at radius 3 is 1.95 bits per heavy atom. The van der Waals surface area contributed by atoms with Crippen LogP contribution in [0.2, 0.25) is 0 Å². The molecule has 2 aliphatic heterocycles. The lowest BCUT2D eigenvalue weighted by Gasteiger charge is -2.70. The molecule has 6 aliphatic rings. The lowest BCUT2D eigenvalue weighted by molar-refractivity contribution is -0.378. The molecule has 2 saturated heterocycles. The van der Waals surface area contributed by atoms with Gasteiger partial charge in [0.1, 0.15) is 48.8 Å². The maximum absolute atomic E-state index is 12.2. The highest BCUT2D eigenvalue weighted by Gasteiger charge is 2.71. The maximum atomic E-state index is 12.2. The summed E-state index contributed by atoms with van der Waals surface area (Å²) in [5.41, 5.74) is -0.405. The molecule has 0 aromatic rings. The van der Waals surface area contributed by atoms with Gasteiger partial charge in [-0.05, 0) is 124 Å². The van der Waals surface area contributed by atoms with Crippen LogP contribution >= 0.6 is 0 Å². The number of hydrogen-bond acceptors (Lipinski definition) is 13. The fraction of sp³-hybridized carbons (Fsp3) is 0.952. The molecule has 0 bridgehead atoms. The first kappa shape index (κ1) is 43.8. The second-order valence-electron chi connectivity index (χ2n) is 20.1. The lowest BCUT2D eigenvalue weighted by atomic mass is 9.35. The third-order valence-corrected chi connectivity index (χ3v) is 16.6. The summed E-state index contributed by atoms with van der Waals surface area (Å²) in [5, 5.41) is 97.4. The van der Waals surface area contributed by atoms with E-state index in [1.807, 2.05) is 6.92 Å². The summed E-state index contributed by atoms with van der Waals surface area (Å²) in [4.78, 5) is 0. The quantitative estimate of drug-likeness (QED) is 0.115. The number of rotatable bonds is 10. The minimum Gasteiger partial charge on any atom is -0.394 e. The Morgan fingerprint density at radius 2 is 1.33 bits per heavy atom. The van der Waals surface area contributed by atoms with Gasteiger partial charge in [0, 0.05) is 0 Å². The van der Waals surface area contributed by atoms with Crippen molar-refractivity contribution in [2.75, 3.05) is 13.2 Å². The summed E-state index contributed by atoms with van der Waals surface area (Å²) in [6.07, 6.45) is -6.48. The lowest BCUT2D eigenvalue weighted by Crippen LogP contribution is -2.68. The van der Waals surface area contributed by atoms with E-state index < -0.39 is 97.8 Å². The number of aliphatic hydroxyl groups excluding tert-OH is 8. The molecule has 0 radical (unpaired) electrons. The first-order valence-electron chi connectivity index (χ1n) is 20.9. The molecule has 13 heteroatoms. The summed E-state index contributed by atoms with van der Waals surface area (Å²) in [6.45, 7) is 16.5. The molecule has 318 valence electrons. The molecule has 20 atom stereocenters. The molecule has 55 heavy (non-hydrogen) atoms. The minimum atomic E-state index is -1.75. The van der Waals surface area contributed by atoms with Crippen LogP contribution in [0.4, 0.5) is 0 Å². The van der Waals surface area contributed by atoms with Gasteiger partial charge in [0.25, 0.3) is 0 Å². The van der Waals surface area contributed by atoms with Crippen LogP contribution in [0.25, 0.3) is 0 Å². The van der Waals surface area contributed by atoms with E-state index in [1.165, 1.54) is 5.57 Å². The molecule has 0 aromatic carbocycles. The second kappa shape index (κ2) is 15.7. The van der Waals surface area contributed by atoms with E-state index in [0.717, 1.165) is 38.5 Å². The van der Waals surface area contributed by atoms with Gasteiger partial charge in [-0.15, -0.1) is 0 Å². The van der Waals surface area contributed by atoms with Crippen molar-refractivity contribution >= 4 is 0 Å². The highest BCUT2D eigenvalue weighted by molar-refractivity contribution is 5.20. The molecule has 4 aliphatic carbocycles. The first-order valence-corrected chi connectivity index (χ1v) is 20.9. The van der Waals surface area contributed by atoms with Crippen molar-refractivity contribution in [2.45, 2.75) is 192 Å². The van der Waals surface area contributed by atoms with Crippen molar-refractivity contribution in [3.8, 4) is 0 Å². The molecule has 2 heterocycles. The van der Waals surface area contributed by atoms with Gasteiger partial charge >= 0.3 is 0 Å². The number of hydrogen-bond donors (Lipinski definition) is 9. The zero-order chi connectivity index (χ0) is 40.6. The molecule has 0 amide bonds. The van der Waals surface area contributed by atoms with E-state index in [9.17, 15) is 46.0 Å². The van der Waals surface area contributed by atoms with Gasteiger partial charge in [-0.1, -0.05) is 46.3 Å². The Bertz CT molecular complexity index is 1370. The van der Waals surface area contributed by atoms with Crippen molar-refractivity contribution < 1.29 is 64.9 Å². The Balaban J connectivity index is 1.23. The van der Waals surface area contributed by atoms with Gasteiger partial charge in [0.2, 0.25) is 0 Å². The summed E-state index contributed by atoms with van der Waals surface area (Å²) < 4.78 is 24.4. The number of fused-ring (bicyclic) bond motifs is 5. The largest absolute Gasteiger partial charge is 0.394 e. The Hall–Kier alpha value is -0.780. The fourth-order valence-corrected chi connectivity index (χ4v) is 13.3. The van der Waals surface area contributed by atoms with Gasteiger partial charge in [0.15, 0.2) is 12.6 Å². The molecule has 13 nitrogen and oxygen atoms in total. The topological polar surface area (TPSA) is 219 Å². The average Bonchev–Trinajstić information content (AvgIpc) is 3.50. The van der Waals surface area contributed by atoms with Gasteiger partial charge in [-0.3, -0.25) is 0 Å². The standard InChI is InChI=1S/C42H72O13/c1-21(2)10-9-14-42(8,51)22-11-16-41(7)29(22)23(45)18-27-39(5)15-13-28(38(3,4)26(39)12-17-40(27,41)6)54-37-35(33(49)31(47)25(20-44)53-37)55-36-34(50)32(48)30(46)24(19-43)52-36/h10,22-37,43-51H,9,11-20H2,1-8H3/t22-,23+,24?,25?,26-,27+,28-,29-,30+,31+,32?,33?,34?,35?,36-,37-,39-,40+,41+,42-/m0/s1. The van der Waals surface area contributed by atoms with Crippen LogP contribution < -0.4 is 0 Å². The van der Waals surface area contributed by atoms with Crippen molar-refractivity contribution in [3.63, 3.8) is 0 Å². The smallest absolute Gasteiger partial charge is 0.187 e. The Labute approximate surface area is 327 Å². The van der Waals surface area contributed by atoms with Gasteiger partial charge < -0.3 is 64.9 Å². The first-order chi connectivity index (χ1) is 25.6. The van der Waals surface area contributed by atoms with Crippen LogP contribution in [0.1, 0.15) is 113 Å². The molecule has 0 spiro atoms. The monoisotopic (exact) mass is 784 g/mol. The SMILES string of the molecule is CC(C)=CCC[C@](C)(O)[C@H]1CC[C@]2(C)[C@@H]1[C@H](O)C[C@@H]1[C@@]3(C)CC[C@H](O[C@@H]4OC(CO)[C@@H](O)C(O)C4O[C@@H]4OC(CO)[C@@H](O)C(O)C4O)C(C)(C)[C@@H]3CC[C@]12C. The molecule has 9 N–H and O–H groups in total. The van der Waals surface area contributed by atoms with Crippen LogP contribution in [0, 0.1) is 45.3 Å². The molecule has 6 fully saturated rings. The molecular weight excluding hydrogens is 712 g/mol. The average molecular weight is 785 g/mol. The van der Waals surface area contributed by atoms with E-state index in [-0.39, 0.29) is 39.9 Å². The number of aliphatic hydroxyl groups is 9. The highest BCUT2D eigenvalue weighted by atomic mass is 16.8. The van der Waals surface area contributed by atoms with Gasteiger partial charge in [-0.25, -0.2) is 0 Å². The molecule has 4 saturated carbocycles. The number of allylic oxidation sites excluding steroid dienone is 2. The van der Waals surface area contributed by atoms with Crippen LogP contribution in [-0.2, 0) is 18.9 Å². The normalized spacial score (nSPS) is 52.0. The van der Waals surface area contributed by atoms with Crippen LogP contribution in [0.15, 0.2) is 11.6 Å². The Kier molecular flexibility index (Phi) is 12.5. The van der Waals surface area contributed by atoms with Crippen molar-refractivity contribution in [1.29, 1.82) is 0 Å². The Morgan fingerprint density at radius 1 is 0.727 bits per heavy atom. The van der Waals surface area contributed by atoms with Crippen molar-refractivity contribution in [2.24, 2.45) is 45.3 Å².